The Balaban J connectivity index is 2.22. The van der Waals surface area contributed by atoms with E-state index in [2.05, 4.69) is 15.6 Å². The standard InChI is InChI=1S/C14H23N3O2/c1-3-14(19,4-2)11-17-13(18)16-10-8-12-7-5-6-9-15-12/h5-7,9,19H,3-4,8,10-11H2,1-2H3,(H2,16,17,18). The van der Waals surface area contributed by atoms with Gasteiger partial charge in [0.15, 0.2) is 0 Å². The van der Waals surface area contributed by atoms with Crippen molar-refractivity contribution in [3.8, 4) is 0 Å². The molecule has 0 aliphatic heterocycles. The van der Waals surface area contributed by atoms with Crippen molar-refractivity contribution in [2.45, 2.75) is 38.7 Å². The number of carbonyl (C=O) groups is 1. The van der Waals surface area contributed by atoms with Crippen molar-refractivity contribution < 1.29 is 9.90 Å². The molecule has 0 fully saturated rings. The van der Waals surface area contributed by atoms with Crippen LogP contribution in [0.2, 0.25) is 0 Å². The highest BCUT2D eigenvalue weighted by atomic mass is 16.3. The van der Waals surface area contributed by atoms with E-state index >= 15 is 0 Å². The van der Waals surface area contributed by atoms with Gasteiger partial charge in [0, 0.05) is 31.4 Å². The molecule has 0 unspecified atom stereocenters. The molecule has 1 aromatic rings. The molecule has 0 aliphatic carbocycles. The van der Waals surface area contributed by atoms with Crippen LogP contribution in [-0.2, 0) is 6.42 Å². The minimum atomic E-state index is -0.807. The summed E-state index contributed by atoms with van der Waals surface area (Å²) in [5, 5.41) is 15.5. The Morgan fingerprint density at radius 2 is 2.05 bits per heavy atom. The molecule has 0 saturated carbocycles. The maximum Gasteiger partial charge on any atom is 0.314 e. The number of amides is 2. The molecule has 3 N–H and O–H groups in total. The lowest BCUT2D eigenvalue weighted by molar-refractivity contribution is 0.0349. The summed E-state index contributed by atoms with van der Waals surface area (Å²) in [5.41, 5.74) is 0.139. The quantitative estimate of drug-likeness (QED) is 0.699. The third-order valence-electron chi connectivity index (χ3n) is 3.29. The molecule has 0 aliphatic rings. The van der Waals surface area contributed by atoms with E-state index in [0.29, 0.717) is 25.8 Å². The van der Waals surface area contributed by atoms with E-state index in [1.54, 1.807) is 6.20 Å². The molecule has 0 saturated heterocycles. The first-order valence-corrected chi connectivity index (χ1v) is 6.73. The van der Waals surface area contributed by atoms with Crippen LogP contribution in [0.25, 0.3) is 0 Å². The average molecular weight is 265 g/mol. The molecule has 19 heavy (non-hydrogen) atoms. The maximum absolute atomic E-state index is 11.6. The number of nitrogens with one attached hydrogen (secondary N) is 2. The van der Waals surface area contributed by atoms with Gasteiger partial charge in [0.05, 0.1) is 5.60 Å². The minimum Gasteiger partial charge on any atom is -0.388 e. The van der Waals surface area contributed by atoms with Crippen LogP contribution >= 0.6 is 0 Å². The zero-order chi connectivity index (χ0) is 14.1. The summed E-state index contributed by atoms with van der Waals surface area (Å²) in [5.74, 6) is 0. The lowest BCUT2D eigenvalue weighted by atomic mass is 9.98. The van der Waals surface area contributed by atoms with Gasteiger partial charge in [-0.05, 0) is 25.0 Å². The van der Waals surface area contributed by atoms with Crippen LogP contribution in [0, 0.1) is 0 Å². The number of rotatable bonds is 7. The molecule has 0 bridgehead atoms. The van der Waals surface area contributed by atoms with Gasteiger partial charge in [-0.3, -0.25) is 4.98 Å². The molecule has 2 amide bonds. The van der Waals surface area contributed by atoms with Crippen molar-refractivity contribution in [1.29, 1.82) is 0 Å². The first-order valence-electron chi connectivity index (χ1n) is 6.73. The van der Waals surface area contributed by atoms with E-state index in [1.807, 2.05) is 32.0 Å². The first kappa shape index (κ1) is 15.4. The van der Waals surface area contributed by atoms with Gasteiger partial charge in [0.1, 0.15) is 0 Å². The highest BCUT2D eigenvalue weighted by Gasteiger charge is 2.22. The number of urea groups is 1. The molecule has 0 radical (unpaired) electrons. The van der Waals surface area contributed by atoms with Gasteiger partial charge >= 0.3 is 6.03 Å². The van der Waals surface area contributed by atoms with Crippen molar-refractivity contribution >= 4 is 6.03 Å². The predicted octanol–water partition coefficient (Wildman–Crippen LogP) is 1.47. The second kappa shape index (κ2) is 7.74. The summed E-state index contributed by atoms with van der Waals surface area (Å²) >= 11 is 0. The normalized spacial score (nSPS) is 11.1. The fraction of sp³-hybridized carbons (Fsp3) is 0.571. The number of hydrogen-bond donors (Lipinski definition) is 3. The molecular formula is C14H23N3O2. The van der Waals surface area contributed by atoms with Crippen molar-refractivity contribution in [2.24, 2.45) is 0 Å². The second-order valence-corrected chi connectivity index (χ2v) is 4.61. The van der Waals surface area contributed by atoms with Crippen molar-refractivity contribution in [3.05, 3.63) is 30.1 Å². The zero-order valence-corrected chi connectivity index (χ0v) is 11.6. The molecule has 106 valence electrons. The largest absolute Gasteiger partial charge is 0.388 e. The van der Waals surface area contributed by atoms with Crippen LogP contribution in [0.3, 0.4) is 0 Å². The lowest BCUT2D eigenvalue weighted by Crippen LogP contribution is -2.46. The Labute approximate surface area is 114 Å². The van der Waals surface area contributed by atoms with Crippen LogP contribution in [0.1, 0.15) is 32.4 Å². The summed E-state index contributed by atoms with van der Waals surface area (Å²) in [4.78, 5) is 15.7. The van der Waals surface area contributed by atoms with Gasteiger partial charge in [0.25, 0.3) is 0 Å². The number of nitrogens with zero attached hydrogens (tertiary/aromatic N) is 1. The fourth-order valence-electron chi connectivity index (χ4n) is 1.66. The van der Waals surface area contributed by atoms with Crippen molar-refractivity contribution in [2.75, 3.05) is 13.1 Å². The van der Waals surface area contributed by atoms with E-state index in [1.165, 1.54) is 0 Å². The van der Waals surface area contributed by atoms with E-state index in [-0.39, 0.29) is 12.6 Å². The Bertz CT molecular complexity index is 378. The number of hydrogen-bond acceptors (Lipinski definition) is 3. The third kappa shape index (κ3) is 5.70. The van der Waals surface area contributed by atoms with E-state index in [4.69, 9.17) is 0 Å². The zero-order valence-electron chi connectivity index (χ0n) is 11.6. The van der Waals surface area contributed by atoms with Gasteiger partial charge in [0.2, 0.25) is 0 Å². The summed E-state index contributed by atoms with van der Waals surface area (Å²) in [7, 11) is 0. The Morgan fingerprint density at radius 3 is 2.63 bits per heavy atom. The van der Waals surface area contributed by atoms with Gasteiger partial charge in [-0.25, -0.2) is 4.79 Å². The number of aliphatic hydroxyl groups is 1. The van der Waals surface area contributed by atoms with Gasteiger partial charge < -0.3 is 15.7 Å². The molecule has 1 heterocycles. The SMILES string of the molecule is CCC(O)(CC)CNC(=O)NCCc1ccccn1. The Morgan fingerprint density at radius 1 is 1.32 bits per heavy atom. The molecule has 1 aromatic heterocycles. The van der Waals surface area contributed by atoms with Crippen molar-refractivity contribution in [3.63, 3.8) is 0 Å². The Hall–Kier alpha value is -1.62. The highest BCUT2D eigenvalue weighted by molar-refractivity contribution is 5.73. The van der Waals surface area contributed by atoms with Crippen LogP contribution < -0.4 is 10.6 Å². The molecule has 0 spiro atoms. The third-order valence-corrected chi connectivity index (χ3v) is 3.29. The Kier molecular flexibility index (Phi) is 6.29. The van der Waals surface area contributed by atoms with E-state index < -0.39 is 5.60 Å². The van der Waals surface area contributed by atoms with Crippen LogP contribution in [0.4, 0.5) is 4.79 Å². The number of pyridine rings is 1. The van der Waals surface area contributed by atoms with Gasteiger partial charge in [-0.2, -0.15) is 0 Å². The smallest absolute Gasteiger partial charge is 0.314 e. The molecule has 5 nitrogen and oxygen atoms in total. The van der Waals surface area contributed by atoms with E-state index in [9.17, 15) is 9.90 Å². The minimum absolute atomic E-state index is 0.253. The molecular weight excluding hydrogens is 242 g/mol. The van der Waals surface area contributed by atoms with E-state index in [0.717, 1.165) is 5.69 Å². The average Bonchev–Trinajstić information content (AvgIpc) is 2.46. The molecule has 1 rings (SSSR count). The van der Waals surface area contributed by atoms with Crippen LogP contribution in [0.15, 0.2) is 24.4 Å². The van der Waals surface area contributed by atoms with Gasteiger partial charge in [-0.15, -0.1) is 0 Å². The summed E-state index contributed by atoms with van der Waals surface area (Å²) in [6.07, 6.45) is 3.67. The summed E-state index contributed by atoms with van der Waals surface area (Å²) < 4.78 is 0. The molecule has 0 aromatic carbocycles. The maximum atomic E-state index is 11.6. The monoisotopic (exact) mass is 265 g/mol. The highest BCUT2D eigenvalue weighted by Crippen LogP contribution is 2.12. The lowest BCUT2D eigenvalue weighted by Gasteiger charge is -2.25. The first-order chi connectivity index (χ1) is 9.09. The predicted molar refractivity (Wildman–Crippen MR) is 74.9 cm³/mol. The molecule has 0 atom stereocenters. The summed E-state index contributed by atoms with van der Waals surface area (Å²) in [6.45, 7) is 4.61. The number of aromatic nitrogens is 1. The second-order valence-electron chi connectivity index (χ2n) is 4.61. The van der Waals surface area contributed by atoms with Crippen LogP contribution in [0.5, 0.6) is 0 Å². The topological polar surface area (TPSA) is 74.2 Å². The van der Waals surface area contributed by atoms with Gasteiger partial charge in [-0.1, -0.05) is 19.9 Å². The fourth-order valence-corrected chi connectivity index (χ4v) is 1.66. The number of carbonyl (C=O) groups excluding carboxylic acids is 1. The molecule has 5 heteroatoms. The summed E-state index contributed by atoms with van der Waals surface area (Å²) in [6, 6.07) is 5.45. The van der Waals surface area contributed by atoms with Crippen LogP contribution in [-0.4, -0.2) is 34.8 Å². The van der Waals surface area contributed by atoms with Crippen molar-refractivity contribution in [1.82, 2.24) is 15.6 Å².